The minimum Gasteiger partial charge on any atom is -0.352 e. The van der Waals surface area contributed by atoms with Crippen LogP contribution >= 0.6 is 22.9 Å². The van der Waals surface area contributed by atoms with Crippen molar-refractivity contribution in [2.24, 2.45) is 0 Å². The van der Waals surface area contributed by atoms with E-state index in [0.29, 0.717) is 10.7 Å². The van der Waals surface area contributed by atoms with E-state index < -0.39 is 0 Å². The average molecular weight is 352 g/mol. The largest absolute Gasteiger partial charge is 0.352 e. The Hall–Kier alpha value is -1.92. The summed E-state index contributed by atoms with van der Waals surface area (Å²) >= 11 is 7.58. The van der Waals surface area contributed by atoms with Gasteiger partial charge < -0.3 is 10.6 Å². The lowest BCUT2D eigenvalue weighted by Gasteiger charge is -2.08. The van der Waals surface area contributed by atoms with Crippen molar-refractivity contribution >= 4 is 34.8 Å². The Morgan fingerprint density at radius 3 is 2.70 bits per heavy atom. The van der Waals surface area contributed by atoms with Crippen molar-refractivity contribution in [3.8, 4) is 10.6 Å². The third-order valence-corrected chi connectivity index (χ3v) is 4.15. The van der Waals surface area contributed by atoms with E-state index in [-0.39, 0.29) is 30.8 Å². The predicted molar refractivity (Wildman–Crippen MR) is 92.6 cm³/mol. The van der Waals surface area contributed by atoms with Gasteiger partial charge in [0.15, 0.2) is 0 Å². The minimum atomic E-state index is -0.236. The van der Waals surface area contributed by atoms with Gasteiger partial charge in [0.1, 0.15) is 5.01 Å². The molecule has 0 fully saturated rings. The highest BCUT2D eigenvalue weighted by molar-refractivity contribution is 7.13. The quantitative estimate of drug-likeness (QED) is 0.840. The van der Waals surface area contributed by atoms with Crippen LogP contribution in [0.3, 0.4) is 0 Å². The van der Waals surface area contributed by atoms with Crippen LogP contribution < -0.4 is 10.6 Å². The van der Waals surface area contributed by atoms with Gasteiger partial charge in [0.05, 0.1) is 23.7 Å². The molecule has 122 valence electrons. The lowest BCUT2D eigenvalue weighted by molar-refractivity contribution is -0.126. The SMILES string of the molecule is CC(C)NC(=O)CNC(=O)Cc1csc(-c2ccccc2Cl)n1. The fraction of sp³-hybridized carbons (Fsp3) is 0.312. The molecule has 1 aromatic carbocycles. The first kappa shape index (κ1) is 17.4. The lowest BCUT2D eigenvalue weighted by atomic mass is 10.2. The normalized spacial score (nSPS) is 10.6. The Morgan fingerprint density at radius 2 is 2.00 bits per heavy atom. The van der Waals surface area contributed by atoms with Crippen LogP contribution in [0.1, 0.15) is 19.5 Å². The summed E-state index contributed by atoms with van der Waals surface area (Å²) < 4.78 is 0. The number of carbonyl (C=O) groups excluding carboxylic acids is 2. The summed E-state index contributed by atoms with van der Waals surface area (Å²) in [7, 11) is 0. The summed E-state index contributed by atoms with van der Waals surface area (Å²) in [4.78, 5) is 27.8. The molecule has 0 saturated heterocycles. The first-order chi connectivity index (χ1) is 11.0. The molecule has 0 aliphatic heterocycles. The van der Waals surface area contributed by atoms with E-state index in [1.807, 2.05) is 37.4 Å². The van der Waals surface area contributed by atoms with E-state index in [1.165, 1.54) is 11.3 Å². The monoisotopic (exact) mass is 351 g/mol. The van der Waals surface area contributed by atoms with Gasteiger partial charge in [-0.05, 0) is 19.9 Å². The molecular weight excluding hydrogens is 334 g/mol. The molecule has 0 atom stereocenters. The summed E-state index contributed by atoms with van der Waals surface area (Å²) in [6.07, 6.45) is 0.135. The number of hydrogen-bond acceptors (Lipinski definition) is 4. The maximum Gasteiger partial charge on any atom is 0.239 e. The molecule has 0 radical (unpaired) electrons. The fourth-order valence-electron chi connectivity index (χ4n) is 1.93. The number of benzene rings is 1. The third-order valence-electron chi connectivity index (χ3n) is 2.89. The molecule has 0 bridgehead atoms. The number of rotatable bonds is 6. The Kier molecular flexibility index (Phi) is 6.12. The number of amides is 2. The molecule has 1 heterocycles. The zero-order valence-corrected chi connectivity index (χ0v) is 14.5. The Morgan fingerprint density at radius 1 is 1.26 bits per heavy atom. The second-order valence-electron chi connectivity index (χ2n) is 5.30. The van der Waals surface area contributed by atoms with E-state index in [1.54, 1.807) is 6.07 Å². The molecular formula is C16H18ClN3O2S. The molecule has 2 aromatic rings. The van der Waals surface area contributed by atoms with Crippen molar-refractivity contribution in [2.45, 2.75) is 26.3 Å². The number of aromatic nitrogens is 1. The van der Waals surface area contributed by atoms with Crippen LogP contribution in [0.15, 0.2) is 29.6 Å². The summed E-state index contributed by atoms with van der Waals surface area (Å²) in [5.74, 6) is -0.441. The van der Waals surface area contributed by atoms with Crippen molar-refractivity contribution in [3.63, 3.8) is 0 Å². The van der Waals surface area contributed by atoms with Crippen LogP contribution in [0.4, 0.5) is 0 Å². The number of halogens is 1. The topological polar surface area (TPSA) is 71.1 Å². The van der Waals surface area contributed by atoms with Crippen molar-refractivity contribution in [2.75, 3.05) is 6.54 Å². The summed E-state index contributed by atoms with van der Waals surface area (Å²) in [6.45, 7) is 3.70. The minimum absolute atomic E-state index is 0.0292. The van der Waals surface area contributed by atoms with Crippen molar-refractivity contribution in [3.05, 3.63) is 40.4 Å². The molecule has 7 heteroatoms. The maximum absolute atomic E-state index is 11.9. The number of carbonyl (C=O) groups is 2. The van der Waals surface area contributed by atoms with E-state index in [0.717, 1.165) is 10.6 Å². The molecule has 2 amide bonds. The molecule has 0 spiro atoms. The van der Waals surface area contributed by atoms with Gasteiger partial charge >= 0.3 is 0 Å². The highest BCUT2D eigenvalue weighted by Crippen LogP contribution is 2.30. The zero-order valence-electron chi connectivity index (χ0n) is 12.9. The molecule has 2 rings (SSSR count). The number of nitrogens with zero attached hydrogens (tertiary/aromatic N) is 1. The van der Waals surface area contributed by atoms with Gasteiger partial charge in [0, 0.05) is 17.0 Å². The molecule has 1 aromatic heterocycles. The second kappa shape index (κ2) is 8.08. The molecule has 0 aliphatic rings. The van der Waals surface area contributed by atoms with Gasteiger partial charge in [-0.2, -0.15) is 0 Å². The van der Waals surface area contributed by atoms with Gasteiger partial charge in [-0.1, -0.05) is 29.8 Å². The summed E-state index contributed by atoms with van der Waals surface area (Å²) in [6, 6.07) is 7.49. The van der Waals surface area contributed by atoms with Crippen molar-refractivity contribution in [1.82, 2.24) is 15.6 Å². The Bertz CT molecular complexity index is 700. The van der Waals surface area contributed by atoms with E-state index in [4.69, 9.17) is 11.6 Å². The smallest absolute Gasteiger partial charge is 0.239 e. The van der Waals surface area contributed by atoms with Crippen LogP contribution in [-0.4, -0.2) is 29.4 Å². The Labute approximate surface area is 144 Å². The second-order valence-corrected chi connectivity index (χ2v) is 6.56. The van der Waals surface area contributed by atoms with Gasteiger partial charge in [0.25, 0.3) is 0 Å². The standard InChI is InChI=1S/C16H18ClN3O2S/c1-10(2)19-15(22)8-18-14(21)7-11-9-23-16(20-11)12-5-3-4-6-13(12)17/h3-6,9-10H,7-8H2,1-2H3,(H,18,21)(H,19,22). The van der Waals surface area contributed by atoms with Gasteiger partial charge in [-0.15, -0.1) is 11.3 Å². The number of thiazole rings is 1. The van der Waals surface area contributed by atoms with Crippen molar-refractivity contribution < 1.29 is 9.59 Å². The average Bonchev–Trinajstić information content (AvgIpc) is 2.93. The molecule has 0 aliphatic carbocycles. The summed E-state index contributed by atoms with van der Waals surface area (Å²) in [5, 5.41) is 8.52. The maximum atomic E-state index is 11.9. The van der Waals surface area contributed by atoms with Crippen LogP contribution in [0.25, 0.3) is 10.6 Å². The van der Waals surface area contributed by atoms with E-state index in [9.17, 15) is 9.59 Å². The fourth-order valence-corrected chi connectivity index (χ4v) is 3.07. The summed E-state index contributed by atoms with van der Waals surface area (Å²) in [5.41, 5.74) is 1.51. The van der Waals surface area contributed by atoms with Gasteiger partial charge in [0.2, 0.25) is 11.8 Å². The molecule has 23 heavy (non-hydrogen) atoms. The van der Waals surface area contributed by atoms with Crippen LogP contribution in [0, 0.1) is 0 Å². The predicted octanol–water partition coefficient (Wildman–Crippen LogP) is 2.65. The molecule has 5 nitrogen and oxygen atoms in total. The molecule has 2 N–H and O–H groups in total. The first-order valence-corrected chi connectivity index (χ1v) is 8.47. The molecule has 0 saturated carbocycles. The van der Waals surface area contributed by atoms with E-state index in [2.05, 4.69) is 15.6 Å². The highest BCUT2D eigenvalue weighted by atomic mass is 35.5. The van der Waals surface area contributed by atoms with Crippen LogP contribution in [0.2, 0.25) is 5.02 Å². The lowest BCUT2D eigenvalue weighted by Crippen LogP contribution is -2.40. The molecule has 0 unspecified atom stereocenters. The van der Waals surface area contributed by atoms with Gasteiger partial charge in [-0.3, -0.25) is 9.59 Å². The zero-order chi connectivity index (χ0) is 16.8. The number of hydrogen-bond donors (Lipinski definition) is 2. The first-order valence-electron chi connectivity index (χ1n) is 7.21. The van der Waals surface area contributed by atoms with E-state index >= 15 is 0 Å². The Balaban J connectivity index is 1.91. The van der Waals surface area contributed by atoms with Crippen molar-refractivity contribution in [1.29, 1.82) is 0 Å². The highest BCUT2D eigenvalue weighted by Gasteiger charge is 2.12. The van der Waals surface area contributed by atoms with Crippen LogP contribution in [-0.2, 0) is 16.0 Å². The van der Waals surface area contributed by atoms with Crippen LogP contribution in [0.5, 0.6) is 0 Å². The van der Waals surface area contributed by atoms with Gasteiger partial charge in [-0.25, -0.2) is 4.98 Å². The third kappa shape index (κ3) is 5.33. The number of nitrogens with one attached hydrogen (secondary N) is 2.